The zero-order chi connectivity index (χ0) is 20.4. The van der Waals surface area contributed by atoms with E-state index in [0.29, 0.717) is 47.7 Å². The summed E-state index contributed by atoms with van der Waals surface area (Å²) in [5, 5.41) is 7.97. The van der Waals surface area contributed by atoms with Crippen LogP contribution >= 0.6 is 0 Å². The molecule has 3 aromatic rings. The Morgan fingerprint density at radius 2 is 2.00 bits per heavy atom. The van der Waals surface area contributed by atoms with Crippen molar-refractivity contribution in [1.29, 1.82) is 0 Å². The van der Waals surface area contributed by atoms with Crippen LogP contribution in [0, 0.1) is 0 Å². The summed E-state index contributed by atoms with van der Waals surface area (Å²) in [4.78, 5) is 27.3. The molecule has 0 aliphatic carbocycles. The normalized spacial score (nSPS) is 15.0. The highest BCUT2D eigenvalue weighted by Gasteiger charge is 2.27. The molecule has 1 amide bonds. The van der Waals surface area contributed by atoms with Gasteiger partial charge in [0.05, 0.1) is 30.7 Å². The number of ether oxygens (including phenoxy) is 2. The summed E-state index contributed by atoms with van der Waals surface area (Å²) in [7, 11) is 1.61. The first kappa shape index (κ1) is 19.0. The lowest BCUT2D eigenvalue weighted by molar-refractivity contribution is -0.133. The molecule has 7 nitrogen and oxygen atoms in total. The van der Waals surface area contributed by atoms with E-state index in [1.54, 1.807) is 19.2 Å². The van der Waals surface area contributed by atoms with Crippen LogP contribution in [-0.4, -0.2) is 41.3 Å². The van der Waals surface area contributed by atoms with Crippen molar-refractivity contribution in [2.45, 2.75) is 25.8 Å². The molecule has 7 heteroatoms. The molecule has 0 fully saturated rings. The third-order valence-electron chi connectivity index (χ3n) is 5.28. The summed E-state index contributed by atoms with van der Waals surface area (Å²) in [5.41, 5.74) is 1.23. The minimum atomic E-state index is -0.494. The summed E-state index contributed by atoms with van der Waals surface area (Å²) >= 11 is 0. The average molecular weight is 393 g/mol. The molecule has 0 bridgehead atoms. The van der Waals surface area contributed by atoms with Crippen LogP contribution in [0.2, 0.25) is 0 Å². The molecule has 29 heavy (non-hydrogen) atoms. The molecular weight excluding hydrogens is 370 g/mol. The molecule has 150 valence electrons. The number of nitrogens with zero attached hydrogens (tertiary/aromatic N) is 2. The highest BCUT2D eigenvalue weighted by molar-refractivity contribution is 5.91. The summed E-state index contributed by atoms with van der Waals surface area (Å²) in [5.74, 6) is 0.822. The number of para-hydroxylation sites is 1. The first-order valence-electron chi connectivity index (χ1n) is 9.65. The van der Waals surface area contributed by atoms with E-state index in [-0.39, 0.29) is 11.5 Å². The van der Waals surface area contributed by atoms with Gasteiger partial charge in [-0.15, -0.1) is 0 Å². The number of aromatic amines is 1. The monoisotopic (exact) mass is 393 g/mol. The van der Waals surface area contributed by atoms with Crippen LogP contribution in [0.3, 0.4) is 0 Å². The van der Waals surface area contributed by atoms with E-state index in [1.165, 1.54) is 0 Å². The Morgan fingerprint density at radius 1 is 1.21 bits per heavy atom. The molecule has 0 spiro atoms. The molecular formula is C22H23N3O4. The van der Waals surface area contributed by atoms with Crippen LogP contribution in [-0.2, 0) is 11.3 Å². The van der Waals surface area contributed by atoms with Gasteiger partial charge in [0.15, 0.2) is 11.5 Å². The van der Waals surface area contributed by atoms with Crippen molar-refractivity contribution in [2.24, 2.45) is 0 Å². The number of carbonyl (C=O) groups is 1. The third-order valence-corrected chi connectivity index (χ3v) is 5.28. The van der Waals surface area contributed by atoms with Crippen molar-refractivity contribution in [3.63, 3.8) is 0 Å². The number of amides is 1. The topological polar surface area (TPSA) is 84.5 Å². The lowest BCUT2D eigenvalue weighted by atomic mass is 9.99. The zero-order valence-corrected chi connectivity index (χ0v) is 16.5. The second-order valence-electron chi connectivity index (χ2n) is 7.12. The number of aromatic nitrogens is 2. The lowest BCUT2D eigenvalue weighted by Gasteiger charge is -2.29. The number of methoxy groups -OCH3 is 1. The van der Waals surface area contributed by atoms with Gasteiger partial charge >= 0.3 is 0 Å². The number of carbonyl (C=O) groups excluding carboxylic acids is 1. The van der Waals surface area contributed by atoms with Gasteiger partial charge in [-0.3, -0.25) is 9.59 Å². The Balaban J connectivity index is 1.67. The molecule has 1 atom stereocenters. The first-order valence-corrected chi connectivity index (χ1v) is 9.65. The summed E-state index contributed by atoms with van der Waals surface area (Å²) in [6.07, 6.45) is 0.718. The number of benzene rings is 2. The van der Waals surface area contributed by atoms with Crippen molar-refractivity contribution in [3.8, 4) is 11.5 Å². The predicted molar refractivity (Wildman–Crippen MR) is 109 cm³/mol. The van der Waals surface area contributed by atoms with E-state index in [9.17, 15) is 9.59 Å². The van der Waals surface area contributed by atoms with Gasteiger partial charge in [0, 0.05) is 24.0 Å². The molecule has 4 rings (SSSR count). The SMILES string of the molecule is COc1cccc2c1OCCCN(C(=O)[C@H](C)c1n[nH]c(=O)c3ccccc13)C2. The van der Waals surface area contributed by atoms with Crippen molar-refractivity contribution in [1.82, 2.24) is 15.1 Å². The maximum Gasteiger partial charge on any atom is 0.272 e. The number of fused-ring (bicyclic) bond motifs is 2. The van der Waals surface area contributed by atoms with Crippen LogP contribution < -0.4 is 15.0 Å². The van der Waals surface area contributed by atoms with Gasteiger partial charge in [0.25, 0.3) is 5.56 Å². The highest BCUT2D eigenvalue weighted by Crippen LogP contribution is 2.34. The maximum absolute atomic E-state index is 13.4. The zero-order valence-electron chi connectivity index (χ0n) is 16.5. The molecule has 1 aliphatic rings. The fourth-order valence-corrected chi connectivity index (χ4v) is 3.77. The molecule has 0 saturated heterocycles. The van der Waals surface area contributed by atoms with Gasteiger partial charge in [0.2, 0.25) is 5.91 Å². The second kappa shape index (κ2) is 7.95. The molecule has 2 aromatic carbocycles. The minimum Gasteiger partial charge on any atom is -0.493 e. The molecule has 0 radical (unpaired) electrons. The molecule has 0 saturated carbocycles. The van der Waals surface area contributed by atoms with Gasteiger partial charge in [-0.25, -0.2) is 5.10 Å². The van der Waals surface area contributed by atoms with Gasteiger partial charge in [-0.2, -0.15) is 5.10 Å². The molecule has 0 unspecified atom stereocenters. The van der Waals surface area contributed by atoms with Crippen LogP contribution in [0.1, 0.15) is 30.5 Å². The van der Waals surface area contributed by atoms with Crippen LogP contribution in [0.25, 0.3) is 10.8 Å². The van der Waals surface area contributed by atoms with E-state index >= 15 is 0 Å². The smallest absolute Gasteiger partial charge is 0.272 e. The van der Waals surface area contributed by atoms with Crippen molar-refractivity contribution < 1.29 is 14.3 Å². The fraction of sp³-hybridized carbons (Fsp3) is 0.318. The van der Waals surface area contributed by atoms with Gasteiger partial charge in [-0.1, -0.05) is 30.3 Å². The second-order valence-corrected chi connectivity index (χ2v) is 7.12. The van der Waals surface area contributed by atoms with Crippen LogP contribution in [0.5, 0.6) is 11.5 Å². The van der Waals surface area contributed by atoms with Crippen LogP contribution in [0.4, 0.5) is 0 Å². The largest absolute Gasteiger partial charge is 0.493 e. The summed E-state index contributed by atoms with van der Waals surface area (Å²) in [6.45, 7) is 3.35. The van der Waals surface area contributed by atoms with E-state index in [4.69, 9.17) is 9.47 Å². The Hall–Kier alpha value is -3.35. The Morgan fingerprint density at radius 3 is 2.79 bits per heavy atom. The lowest BCUT2D eigenvalue weighted by Crippen LogP contribution is -2.37. The van der Waals surface area contributed by atoms with E-state index in [0.717, 1.165) is 12.0 Å². The number of hydrogen-bond acceptors (Lipinski definition) is 5. The van der Waals surface area contributed by atoms with E-state index in [1.807, 2.05) is 42.2 Å². The number of rotatable bonds is 3. The van der Waals surface area contributed by atoms with Crippen molar-refractivity contribution in [2.75, 3.05) is 20.3 Å². The third kappa shape index (κ3) is 3.55. The molecule has 1 aliphatic heterocycles. The summed E-state index contributed by atoms with van der Waals surface area (Å²) < 4.78 is 11.3. The predicted octanol–water partition coefficient (Wildman–Crippen LogP) is 2.85. The first-order chi connectivity index (χ1) is 14.1. The van der Waals surface area contributed by atoms with Crippen molar-refractivity contribution >= 4 is 16.7 Å². The van der Waals surface area contributed by atoms with E-state index < -0.39 is 5.92 Å². The van der Waals surface area contributed by atoms with Gasteiger partial charge < -0.3 is 14.4 Å². The number of H-pyrrole nitrogens is 1. The molecule has 1 N–H and O–H groups in total. The quantitative estimate of drug-likeness (QED) is 0.740. The summed E-state index contributed by atoms with van der Waals surface area (Å²) in [6, 6.07) is 12.9. The Kier molecular flexibility index (Phi) is 5.20. The maximum atomic E-state index is 13.4. The minimum absolute atomic E-state index is 0.0367. The number of nitrogens with one attached hydrogen (secondary N) is 1. The Bertz CT molecular complexity index is 1110. The van der Waals surface area contributed by atoms with E-state index in [2.05, 4.69) is 10.2 Å². The highest BCUT2D eigenvalue weighted by atomic mass is 16.5. The van der Waals surface area contributed by atoms with Crippen molar-refractivity contribution in [3.05, 3.63) is 64.1 Å². The molecule has 1 aromatic heterocycles. The standard InChI is InChI=1S/C22H23N3O4/c1-14(19-16-8-3-4-9-17(16)21(26)24-23-19)22(27)25-11-6-12-29-20-15(13-25)7-5-10-18(20)28-2/h3-5,7-10,14H,6,11-13H2,1-2H3,(H,24,26)/t14-/m1/s1. The van der Waals surface area contributed by atoms with Crippen LogP contribution in [0.15, 0.2) is 47.3 Å². The fourth-order valence-electron chi connectivity index (χ4n) is 3.77. The molecule has 2 heterocycles. The number of hydrogen-bond donors (Lipinski definition) is 1. The Labute approximate surface area is 168 Å². The average Bonchev–Trinajstić information content (AvgIpc) is 2.73. The van der Waals surface area contributed by atoms with Gasteiger partial charge in [-0.05, 0) is 25.5 Å². The van der Waals surface area contributed by atoms with Gasteiger partial charge in [0.1, 0.15) is 0 Å².